The van der Waals surface area contributed by atoms with Crippen LogP contribution < -0.4 is 5.32 Å². The van der Waals surface area contributed by atoms with Crippen molar-refractivity contribution in [1.29, 1.82) is 0 Å². The SMILES string of the molecule is CCOC(=O)c1cc(C)n(CC(=O)Nc2ccc(Cl)cc2C)c1C. The number of hydrogen-bond acceptors (Lipinski definition) is 3. The molecule has 2 rings (SSSR count). The predicted octanol–water partition coefficient (Wildman–Crippen LogP) is 3.88. The van der Waals surface area contributed by atoms with Crippen LogP contribution >= 0.6 is 11.6 Å². The van der Waals surface area contributed by atoms with Crippen LogP contribution in [0.15, 0.2) is 24.3 Å². The molecule has 24 heavy (non-hydrogen) atoms. The van der Waals surface area contributed by atoms with E-state index >= 15 is 0 Å². The Kier molecular flexibility index (Phi) is 5.67. The van der Waals surface area contributed by atoms with Gasteiger partial charge in [0.2, 0.25) is 5.91 Å². The third-order valence-electron chi connectivity index (χ3n) is 3.83. The van der Waals surface area contributed by atoms with Crippen LogP contribution in [0.4, 0.5) is 5.69 Å². The minimum absolute atomic E-state index is 0.124. The number of benzene rings is 1. The van der Waals surface area contributed by atoms with E-state index < -0.39 is 0 Å². The molecule has 0 radical (unpaired) electrons. The zero-order valence-corrected chi connectivity index (χ0v) is 15.0. The molecule has 0 aliphatic heterocycles. The predicted molar refractivity (Wildman–Crippen MR) is 94.7 cm³/mol. The van der Waals surface area contributed by atoms with Gasteiger partial charge in [0.25, 0.3) is 0 Å². The molecule has 0 aliphatic carbocycles. The average molecular weight is 349 g/mol. The fourth-order valence-electron chi connectivity index (χ4n) is 2.56. The molecule has 2 aromatic rings. The molecule has 0 fully saturated rings. The molecular formula is C18H21ClN2O3. The van der Waals surface area contributed by atoms with Gasteiger partial charge < -0.3 is 14.6 Å². The summed E-state index contributed by atoms with van der Waals surface area (Å²) >= 11 is 5.92. The smallest absolute Gasteiger partial charge is 0.339 e. The normalized spacial score (nSPS) is 10.5. The zero-order valence-electron chi connectivity index (χ0n) is 14.3. The number of aryl methyl sites for hydroxylation is 2. The maximum atomic E-state index is 12.3. The van der Waals surface area contributed by atoms with Crippen molar-refractivity contribution in [3.8, 4) is 0 Å². The topological polar surface area (TPSA) is 60.3 Å². The number of anilines is 1. The lowest BCUT2D eigenvalue weighted by Gasteiger charge is -2.12. The monoisotopic (exact) mass is 348 g/mol. The maximum absolute atomic E-state index is 12.3. The lowest BCUT2D eigenvalue weighted by molar-refractivity contribution is -0.116. The van der Waals surface area contributed by atoms with Gasteiger partial charge in [-0.3, -0.25) is 4.79 Å². The number of amides is 1. The molecule has 1 N–H and O–H groups in total. The molecule has 0 saturated carbocycles. The van der Waals surface area contributed by atoms with E-state index in [1.807, 2.05) is 13.8 Å². The van der Waals surface area contributed by atoms with Gasteiger partial charge in [0.15, 0.2) is 0 Å². The van der Waals surface area contributed by atoms with E-state index in [2.05, 4.69) is 5.32 Å². The number of esters is 1. The first-order chi connectivity index (χ1) is 11.3. The van der Waals surface area contributed by atoms with Crippen LogP contribution in [0.5, 0.6) is 0 Å². The highest BCUT2D eigenvalue weighted by molar-refractivity contribution is 6.30. The summed E-state index contributed by atoms with van der Waals surface area (Å²) in [6.07, 6.45) is 0. The molecule has 0 spiro atoms. The second-order valence-corrected chi connectivity index (χ2v) is 6.04. The number of ether oxygens (including phenoxy) is 1. The van der Waals surface area contributed by atoms with Crippen LogP contribution in [-0.2, 0) is 16.1 Å². The summed E-state index contributed by atoms with van der Waals surface area (Å²) in [7, 11) is 0. The summed E-state index contributed by atoms with van der Waals surface area (Å²) in [5, 5.41) is 3.50. The van der Waals surface area contributed by atoms with Gasteiger partial charge in [-0.15, -0.1) is 0 Å². The molecule has 5 nitrogen and oxygen atoms in total. The molecule has 6 heteroatoms. The van der Waals surface area contributed by atoms with Crippen LogP contribution in [0.1, 0.15) is 34.2 Å². The Labute approximate surface area is 146 Å². The summed E-state index contributed by atoms with van der Waals surface area (Å²) < 4.78 is 6.84. The van der Waals surface area contributed by atoms with Crippen molar-refractivity contribution in [3.63, 3.8) is 0 Å². The highest BCUT2D eigenvalue weighted by Crippen LogP contribution is 2.20. The fraction of sp³-hybridized carbons (Fsp3) is 0.333. The Morgan fingerprint density at radius 3 is 2.54 bits per heavy atom. The summed E-state index contributed by atoms with van der Waals surface area (Å²) in [5.74, 6) is -0.538. The Balaban J connectivity index is 2.16. The van der Waals surface area contributed by atoms with Gasteiger partial charge in [-0.1, -0.05) is 11.6 Å². The Morgan fingerprint density at radius 1 is 1.21 bits per heavy atom. The molecular weight excluding hydrogens is 328 g/mol. The van der Waals surface area contributed by atoms with Crippen molar-refractivity contribution < 1.29 is 14.3 Å². The highest BCUT2D eigenvalue weighted by atomic mass is 35.5. The van der Waals surface area contributed by atoms with Crippen molar-refractivity contribution in [2.45, 2.75) is 34.2 Å². The molecule has 0 aliphatic rings. The third-order valence-corrected chi connectivity index (χ3v) is 4.07. The molecule has 1 amide bonds. The summed E-state index contributed by atoms with van der Waals surface area (Å²) in [4.78, 5) is 24.3. The third kappa shape index (κ3) is 3.97. The minimum atomic E-state index is -0.370. The van der Waals surface area contributed by atoms with Crippen LogP contribution in [0.25, 0.3) is 0 Å². The van der Waals surface area contributed by atoms with Crippen LogP contribution in [0.2, 0.25) is 5.02 Å². The average Bonchev–Trinajstić information content (AvgIpc) is 2.78. The molecule has 1 aromatic carbocycles. The Morgan fingerprint density at radius 2 is 1.92 bits per heavy atom. The Bertz CT molecular complexity index is 781. The summed E-state index contributed by atoms with van der Waals surface area (Å²) in [6.45, 7) is 7.75. The van der Waals surface area contributed by atoms with E-state index in [-0.39, 0.29) is 18.4 Å². The Hall–Kier alpha value is -2.27. The largest absolute Gasteiger partial charge is 0.462 e. The van der Waals surface area contributed by atoms with Crippen LogP contribution in [0, 0.1) is 20.8 Å². The van der Waals surface area contributed by atoms with Crippen molar-refractivity contribution >= 4 is 29.2 Å². The molecule has 0 saturated heterocycles. The van der Waals surface area contributed by atoms with Gasteiger partial charge in [-0.25, -0.2) is 4.79 Å². The molecule has 0 bridgehead atoms. The van der Waals surface area contributed by atoms with Crippen molar-refractivity contribution in [2.24, 2.45) is 0 Å². The van der Waals surface area contributed by atoms with E-state index in [1.54, 1.807) is 42.7 Å². The van der Waals surface area contributed by atoms with Gasteiger partial charge >= 0.3 is 5.97 Å². The minimum Gasteiger partial charge on any atom is -0.462 e. The standard InChI is InChI=1S/C18H21ClN2O3/c1-5-24-18(23)15-9-12(3)21(13(15)4)10-17(22)20-16-7-6-14(19)8-11(16)2/h6-9H,5,10H2,1-4H3,(H,20,22). The number of rotatable bonds is 5. The van der Waals surface area contributed by atoms with E-state index in [9.17, 15) is 9.59 Å². The van der Waals surface area contributed by atoms with E-state index in [0.717, 1.165) is 16.9 Å². The van der Waals surface area contributed by atoms with Crippen LogP contribution in [-0.4, -0.2) is 23.1 Å². The maximum Gasteiger partial charge on any atom is 0.339 e. The second-order valence-electron chi connectivity index (χ2n) is 5.60. The quantitative estimate of drug-likeness (QED) is 0.834. The number of halogens is 1. The number of aromatic nitrogens is 1. The summed E-state index contributed by atoms with van der Waals surface area (Å²) in [6, 6.07) is 7.04. The second kappa shape index (κ2) is 7.53. The number of carbonyl (C=O) groups excluding carboxylic acids is 2. The first-order valence-electron chi connectivity index (χ1n) is 7.73. The number of hydrogen-bond donors (Lipinski definition) is 1. The zero-order chi connectivity index (χ0) is 17.9. The molecule has 1 heterocycles. The number of nitrogens with zero attached hydrogens (tertiary/aromatic N) is 1. The molecule has 0 unspecified atom stereocenters. The lowest BCUT2D eigenvalue weighted by atomic mass is 10.2. The van der Waals surface area contributed by atoms with Gasteiger partial charge in [0, 0.05) is 22.1 Å². The van der Waals surface area contributed by atoms with Gasteiger partial charge in [0.05, 0.1) is 12.2 Å². The molecule has 1 aromatic heterocycles. The van der Waals surface area contributed by atoms with Crippen LogP contribution in [0.3, 0.4) is 0 Å². The van der Waals surface area contributed by atoms with Crippen molar-refractivity contribution in [3.05, 3.63) is 51.8 Å². The number of carbonyl (C=O) groups is 2. The van der Waals surface area contributed by atoms with Gasteiger partial charge in [0.1, 0.15) is 6.54 Å². The van der Waals surface area contributed by atoms with Gasteiger partial charge in [-0.05, 0) is 57.5 Å². The lowest BCUT2D eigenvalue weighted by Crippen LogP contribution is -2.21. The fourth-order valence-corrected chi connectivity index (χ4v) is 2.79. The van der Waals surface area contributed by atoms with E-state index in [1.165, 1.54) is 0 Å². The number of nitrogens with one attached hydrogen (secondary N) is 1. The first kappa shape index (κ1) is 18.1. The highest BCUT2D eigenvalue weighted by Gasteiger charge is 2.18. The summed E-state index contributed by atoms with van der Waals surface area (Å²) in [5.41, 5.74) is 3.65. The van der Waals surface area contributed by atoms with Crippen molar-refractivity contribution in [2.75, 3.05) is 11.9 Å². The van der Waals surface area contributed by atoms with Gasteiger partial charge in [-0.2, -0.15) is 0 Å². The molecule has 128 valence electrons. The molecule has 0 atom stereocenters. The van der Waals surface area contributed by atoms with E-state index in [4.69, 9.17) is 16.3 Å². The van der Waals surface area contributed by atoms with Crippen molar-refractivity contribution in [1.82, 2.24) is 4.57 Å². The first-order valence-corrected chi connectivity index (χ1v) is 8.11. The van der Waals surface area contributed by atoms with E-state index in [0.29, 0.717) is 22.9 Å².